The molecule has 0 aromatic heterocycles. The van der Waals surface area contributed by atoms with Crippen LogP contribution in [0.2, 0.25) is 0 Å². The molecule has 2 nitrogen and oxygen atoms in total. The summed E-state index contributed by atoms with van der Waals surface area (Å²) in [4.78, 5) is 13.9. The molecule has 18 heavy (non-hydrogen) atoms. The first-order valence-corrected chi connectivity index (χ1v) is 7.10. The molecular weight excluding hydrogens is 246 g/mol. The Hall–Kier alpha value is -1.02. The molecule has 0 fully saturated rings. The summed E-state index contributed by atoms with van der Waals surface area (Å²) in [6.07, 6.45) is 2.27. The van der Waals surface area contributed by atoms with Crippen LogP contribution in [0.5, 0.6) is 0 Å². The molecule has 0 heterocycles. The van der Waals surface area contributed by atoms with Crippen molar-refractivity contribution in [1.29, 1.82) is 0 Å². The van der Waals surface area contributed by atoms with Gasteiger partial charge in [0.15, 0.2) is 0 Å². The predicted octanol–water partition coefficient (Wildman–Crippen LogP) is 3.41. The molecule has 1 aromatic rings. The Morgan fingerprint density at radius 1 is 1.28 bits per heavy atom. The van der Waals surface area contributed by atoms with Crippen LogP contribution in [-0.4, -0.2) is 29.8 Å². The fraction of sp³-hybridized carbons (Fsp3) is 0.533. The van der Waals surface area contributed by atoms with Gasteiger partial charge in [-0.25, -0.2) is 0 Å². The Morgan fingerprint density at radius 2 is 1.94 bits per heavy atom. The maximum Gasteiger partial charge on any atom is 0.222 e. The number of rotatable bonds is 7. The minimum Gasteiger partial charge on any atom is -0.343 e. The van der Waals surface area contributed by atoms with Gasteiger partial charge in [-0.3, -0.25) is 4.79 Å². The Balaban J connectivity index is 2.41. The molecule has 0 N–H and O–H groups in total. The van der Waals surface area contributed by atoms with E-state index in [-0.39, 0.29) is 5.91 Å². The number of nitrogens with zero attached hydrogens (tertiary/aromatic N) is 1. The monoisotopic (exact) mass is 267 g/mol. The molecule has 100 valence electrons. The smallest absolute Gasteiger partial charge is 0.222 e. The van der Waals surface area contributed by atoms with Crippen LogP contribution in [0.1, 0.15) is 30.9 Å². The van der Waals surface area contributed by atoms with E-state index in [0.29, 0.717) is 12.3 Å². The fourth-order valence-corrected chi connectivity index (χ4v) is 1.99. The van der Waals surface area contributed by atoms with Gasteiger partial charge in [-0.1, -0.05) is 29.8 Å². The summed E-state index contributed by atoms with van der Waals surface area (Å²) in [6, 6.07) is 8.37. The van der Waals surface area contributed by atoms with E-state index in [1.807, 2.05) is 11.8 Å². The van der Waals surface area contributed by atoms with Gasteiger partial charge in [-0.2, -0.15) is 0 Å². The molecule has 1 rings (SSSR count). The quantitative estimate of drug-likeness (QED) is 0.694. The summed E-state index contributed by atoms with van der Waals surface area (Å²) in [5, 5.41) is 0. The number of halogens is 1. The molecule has 0 aliphatic rings. The minimum absolute atomic E-state index is 0.225. The molecular formula is C15H22ClNO. The van der Waals surface area contributed by atoms with Crippen LogP contribution in [0.25, 0.3) is 0 Å². The third kappa shape index (κ3) is 5.09. The van der Waals surface area contributed by atoms with Crippen molar-refractivity contribution in [2.75, 3.05) is 19.0 Å². The normalized spacial score (nSPS) is 10.4. The lowest BCUT2D eigenvalue weighted by Gasteiger charge is -2.20. The number of aryl methyl sites for hydroxylation is 2. The van der Waals surface area contributed by atoms with Crippen LogP contribution < -0.4 is 0 Å². The Bertz CT molecular complexity index is 361. The molecule has 0 aliphatic heterocycles. The number of benzene rings is 1. The van der Waals surface area contributed by atoms with Crippen LogP contribution >= 0.6 is 11.6 Å². The first-order chi connectivity index (χ1) is 8.67. The summed E-state index contributed by atoms with van der Waals surface area (Å²) in [5.74, 6) is 0.838. The summed E-state index contributed by atoms with van der Waals surface area (Å²) in [7, 11) is 0. The first kappa shape index (κ1) is 15.0. The number of hydrogen-bond donors (Lipinski definition) is 0. The molecule has 3 heteroatoms. The van der Waals surface area contributed by atoms with Crippen molar-refractivity contribution < 1.29 is 4.79 Å². The zero-order valence-electron chi connectivity index (χ0n) is 11.3. The third-order valence-corrected chi connectivity index (χ3v) is 3.31. The van der Waals surface area contributed by atoms with Crippen molar-refractivity contribution in [2.24, 2.45) is 0 Å². The molecule has 0 saturated carbocycles. The van der Waals surface area contributed by atoms with Crippen molar-refractivity contribution in [3.05, 3.63) is 35.4 Å². The predicted molar refractivity (Wildman–Crippen MR) is 77.1 cm³/mol. The topological polar surface area (TPSA) is 20.3 Å². The summed E-state index contributed by atoms with van der Waals surface area (Å²) < 4.78 is 0. The zero-order chi connectivity index (χ0) is 13.4. The largest absolute Gasteiger partial charge is 0.343 e. The number of alkyl halides is 1. The van der Waals surface area contributed by atoms with Crippen molar-refractivity contribution in [2.45, 2.75) is 33.1 Å². The lowest BCUT2D eigenvalue weighted by Crippen LogP contribution is -2.32. The van der Waals surface area contributed by atoms with Gasteiger partial charge in [0.25, 0.3) is 0 Å². The van der Waals surface area contributed by atoms with Gasteiger partial charge in [0, 0.05) is 25.4 Å². The molecule has 0 bridgehead atoms. The lowest BCUT2D eigenvalue weighted by molar-refractivity contribution is -0.131. The lowest BCUT2D eigenvalue weighted by atomic mass is 10.1. The summed E-state index contributed by atoms with van der Waals surface area (Å²) in [6.45, 7) is 5.62. The molecule has 1 amide bonds. The van der Waals surface area contributed by atoms with Crippen LogP contribution in [0.4, 0.5) is 0 Å². The van der Waals surface area contributed by atoms with Crippen LogP contribution in [0.3, 0.4) is 0 Å². The van der Waals surface area contributed by atoms with Crippen LogP contribution in [0.15, 0.2) is 24.3 Å². The Morgan fingerprint density at radius 3 is 2.50 bits per heavy atom. The van der Waals surface area contributed by atoms with E-state index >= 15 is 0 Å². The third-order valence-electron chi connectivity index (χ3n) is 3.04. The van der Waals surface area contributed by atoms with Crippen LogP contribution in [-0.2, 0) is 11.2 Å². The van der Waals surface area contributed by atoms with E-state index in [4.69, 9.17) is 11.6 Å². The maximum absolute atomic E-state index is 12.0. The Kier molecular flexibility index (Phi) is 6.81. The zero-order valence-corrected chi connectivity index (χ0v) is 12.0. The number of carbonyl (C=O) groups is 1. The van der Waals surface area contributed by atoms with E-state index in [2.05, 4.69) is 31.2 Å². The van der Waals surface area contributed by atoms with Crippen molar-refractivity contribution in [3.8, 4) is 0 Å². The average molecular weight is 268 g/mol. The summed E-state index contributed by atoms with van der Waals surface area (Å²) in [5.41, 5.74) is 2.48. The van der Waals surface area contributed by atoms with Gasteiger partial charge in [0.1, 0.15) is 0 Å². The van der Waals surface area contributed by atoms with E-state index in [0.717, 1.165) is 25.9 Å². The second-order valence-electron chi connectivity index (χ2n) is 4.50. The average Bonchev–Trinajstić information content (AvgIpc) is 2.39. The number of hydrogen-bond acceptors (Lipinski definition) is 1. The molecule has 0 radical (unpaired) electrons. The second kappa shape index (κ2) is 8.15. The van der Waals surface area contributed by atoms with Gasteiger partial charge in [-0.15, -0.1) is 11.6 Å². The standard InChI is InChI=1S/C15H22ClNO/c1-3-17(12-4-11-16)15(18)10-9-14-7-5-13(2)6-8-14/h5-8H,3-4,9-12H2,1-2H3. The first-order valence-electron chi connectivity index (χ1n) is 6.56. The molecule has 0 atom stereocenters. The highest BCUT2D eigenvalue weighted by Crippen LogP contribution is 2.07. The van der Waals surface area contributed by atoms with Crippen molar-refractivity contribution in [1.82, 2.24) is 4.90 Å². The van der Waals surface area contributed by atoms with Crippen LogP contribution in [0, 0.1) is 6.92 Å². The van der Waals surface area contributed by atoms with E-state index in [1.54, 1.807) is 0 Å². The van der Waals surface area contributed by atoms with Crippen molar-refractivity contribution in [3.63, 3.8) is 0 Å². The second-order valence-corrected chi connectivity index (χ2v) is 4.88. The highest BCUT2D eigenvalue weighted by molar-refractivity contribution is 6.17. The SMILES string of the molecule is CCN(CCCCl)C(=O)CCc1ccc(C)cc1. The van der Waals surface area contributed by atoms with Gasteiger partial charge in [0.2, 0.25) is 5.91 Å². The Labute approximate surface area is 115 Å². The molecule has 0 unspecified atom stereocenters. The fourth-order valence-electron chi connectivity index (χ4n) is 1.87. The van der Waals surface area contributed by atoms with Gasteiger partial charge < -0.3 is 4.90 Å². The molecule has 0 aliphatic carbocycles. The highest BCUT2D eigenvalue weighted by atomic mass is 35.5. The van der Waals surface area contributed by atoms with E-state index < -0.39 is 0 Å². The molecule has 0 saturated heterocycles. The maximum atomic E-state index is 12.0. The van der Waals surface area contributed by atoms with Gasteiger partial charge in [0.05, 0.1) is 0 Å². The van der Waals surface area contributed by atoms with E-state index in [9.17, 15) is 4.79 Å². The molecule has 0 spiro atoms. The number of amides is 1. The minimum atomic E-state index is 0.225. The molecule has 1 aromatic carbocycles. The summed E-state index contributed by atoms with van der Waals surface area (Å²) >= 11 is 5.66. The highest BCUT2D eigenvalue weighted by Gasteiger charge is 2.10. The van der Waals surface area contributed by atoms with Crippen molar-refractivity contribution >= 4 is 17.5 Å². The number of carbonyl (C=O) groups excluding carboxylic acids is 1. The van der Waals surface area contributed by atoms with Gasteiger partial charge in [-0.05, 0) is 32.3 Å². The van der Waals surface area contributed by atoms with Gasteiger partial charge >= 0.3 is 0 Å². The van der Waals surface area contributed by atoms with E-state index in [1.165, 1.54) is 11.1 Å².